The number of amides is 1. The van der Waals surface area contributed by atoms with E-state index in [1.165, 1.54) is 0 Å². The number of hydrogen-bond donors (Lipinski definition) is 1. The molecule has 0 radical (unpaired) electrons. The van der Waals surface area contributed by atoms with Crippen LogP contribution >= 0.6 is 11.5 Å². The molecule has 122 valence electrons. The fourth-order valence-corrected chi connectivity index (χ4v) is 2.86. The topological polar surface area (TPSA) is 89.8 Å². The number of rotatable bonds is 5. The van der Waals surface area contributed by atoms with Gasteiger partial charge in [0.05, 0.1) is 5.69 Å². The van der Waals surface area contributed by atoms with Crippen LogP contribution in [0, 0.1) is 0 Å². The number of aromatic nitrogens is 4. The highest BCUT2D eigenvalue weighted by Crippen LogP contribution is 2.16. The lowest BCUT2D eigenvalue weighted by molar-refractivity contribution is 0.102. The van der Waals surface area contributed by atoms with Crippen LogP contribution in [0.15, 0.2) is 36.7 Å². The molecular formula is C16H15N5O2S. The minimum absolute atomic E-state index is 0.166. The molecule has 0 aliphatic rings. The van der Waals surface area contributed by atoms with E-state index in [1.807, 2.05) is 6.92 Å². The zero-order valence-electron chi connectivity index (χ0n) is 13.2. The van der Waals surface area contributed by atoms with Gasteiger partial charge in [0.2, 0.25) is 5.78 Å². The van der Waals surface area contributed by atoms with Gasteiger partial charge in [0.15, 0.2) is 5.82 Å². The first-order valence-electron chi connectivity index (χ1n) is 7.34. The molecule has 3 aromatic rings. The maximum atomic E-state index is 12.3. The van der Waals surface area contributed by atoms with Crippen LogP contribution in [0.4, 0.5) is 5.69 Å². The molecule has 2 heterocycles. The van der Waals surface area contributed by atoms with Gasteiger partial charge in [-0.3, -0.25) is 9.59 Å². The zero-order valence-corrected chi connectivity index (χ0v) is 14.0. The van der Waals surface area contributed by atoms with Gasteiger partial charge < -0.3 is 9.88 Å². The van der Waals surface area contributed by atoms with E-state index in [-0.39, 0.29) is 11.7 Å². The Bertz CT molecular complexity index is 882. The summed E-state index contributed by atoms with van der Waals surface area (Å²) in [7, 11) is 1.77. The van der Waals surface area contributed by atoms with E-state index in [0.29, 0.717) is 34.1 Å². The third-order valence-corrected chi connectivity index (χ3v) is 4.29. The molecule has 0 aliphatic heterocycles. The van der Waals surface area contributed by atoms with E-state index >= 15 is 0 Å². The molecule has 0 fully saturated rings. The molecule has 0 aliphatic carbocycles. The number of aryl methyl sites for hydroxylation is 2. The van der Waals surface area contributed by atoms with E-state index in [1.54, 1.807) is 48.3 Å². The minimum Gasteiger partial charge on any atom is -0.331 e. The second-order valence-corrected chi connectivity index (χ2v) is 5.88. The summed E-state index contributed by atoms with van der Waals surface area (Å²) in [4.78, 5) is 29.1. The van der Waals surface area contributed by atoms with Crippen LogP contribution in [0.5, 0.6) is 0 Å². The molecule has 8 heteroatoms. The quantitative estimate of drug-likeness (QED) is 0.719. The Balaban J connectivity index is 1.74. The van der Waals surface area contributed by atoms with Crippen LogP contribution in [0.25, 0.3) is 0 Å². The van der Waals surface area contributed by atoms with Crippen molar-refractivity contribution in [3.8, 4) is 0 Å². The van der Waals surface area contributed by atoms with Crippen LogP contribution in [0.3, 0.4) is 0 Å². The number of anilines is 1. The highest BCUT2D eigenvalue weighted by Gasteiger charge is 2.16. The maximum Gasteiger partial charge on any atom is 0.269 e. The Morgan fingerprint density at radius 1 is 1.25 bits per heavy atom. The third-order valence-electron chi connectivity index (χ3n) is 3.53. The summed E-state index contributed by atoms with van der Waals surface area (Å²) in [6, 6.07) is 6.71. The molecule has 2 aromatic heterocycles. The molecule has 1 amide bonds. The number of ketones is 1. The number of imidazole rings is 1. The molecule has 0 atom stereocenters. The van der Waals surface area contributed by atoms with E-state index in [4.69, 9.17) is 0 Å². The fourth-order valence-electron chi connectivity index (χ4n) is 2.22. The number of carbonyl (C=O) groups excluding carboxylic acids is 2. The fraction of sp³-hybridized carbons (Fsp3) is 0.188. The van der Waals surface area contributed by atoms with Crippen molar-refractivity contribution in [2.75, 3.05) is 5.32 Å². The monoisotopic (exact) mass is 341 g/mol. The van der Waals surface area contributed by atoms with Crippen molar-refractivity contribution in [2.45, 2.75) is 13.3 Å². The first kappa shape index (κ1) is 16.0. The summed E-state index contributed by atoms with van der Waals surface area (Å²) in [5, 5.41) is 6.72. The molecule has 0 saturated carbocycles. The summed E-state index contributed by atoms with van der Waals surface area (Å²) in [5.74, 6) is -0.0413. The average Bonchev–Trinajstić information content (AvgIpc) is 3.23. The van der Waals surface area contributed by atoms with Crippen LogP contribution in [0.2, 0.25) is 0 Å². The van der Waals surface area contributed by atoms with E-state index < -0.39 is 0 Å². The van der Waals surface area contributed by atoms with E-state index in [2.05, 4.69) is 19.9 Å². The first-order chi connectivity index (χ1) is 11.6. The van der Waals surface area contributed by atoms with Gasteiger partial charge in [-0.05, 0) is 42.2 Å². The molecule has 1 aromatic carbocycles. The van der Waals surface area contributed by atoms with Crippen molar-refractivity contribution in [1.29, 1.82) is 0 Å². The third kappa shape index (κ3) is 3.09. The number of nitrogens with one attached hydrogen (secondary N) is 1. The SMILES string of the molecule is CCc1nnsc1C(=O)Nc1ccc(C(=O)c2nccn2C)cc1. The van der Waals surface area contributed by atoms with Crippen LogP contribution in [0.1, 0.15) is 38.5 Å². The van der Waals surface area contributed by atoms with Gasteiger partial charge in [0.25, 0.3) is 5.91 Å². The molecule has 0 spiro atoms. The number of carbonyl (C=O) groups is 2. The van der Waals surface area contributed by atoms with Gasteiger partial charge in [0.1, 0.15) is 4.88 Å². The lowest BCUT2D eigenvalue weighted by Crippen LogP contribution is -2.13. The number of benzene rings is 1. The minimum atomic E-state index is -0.245. The molecule has 0 saturated heterocycles. The molecule has 3 rings (SSSR count). The molecule has 7 nitrogen and oxygen atoms in total. The zero-order chi connectivity index (χ0) is 17.1. The molecule has 1 N–H and O–H groups in total. The van der Waals surface area contributed by atoms with E-state index in [9.17, 15) is 9.59 Å². The van der Waals surface area contributed by atoms with Crippen LogP contribution in [-0.2, 0) is 13.5 Å². The van der Waals surface area contributed by atoms with Crippen molar-refractivity contribution < 1.29 is 9.59 Å². The summed E-state index contributed by atoms with van der Waals surface area (Å²) >= 11 is 1.07. The first-order valence-corrected chi connectivity index (χ1v) is 8.12. The Labute approximate surface area is 142 Å². The predicted molar refractivity (Wildman–Crippen MR) is 90.3 cm³/mol. The summed E-state index contributed by atoms with van der Waals surface area (Å²) in [5.41, 5.74) is 1.79. The predicted octanol–water partition coefficient (Wildman–Crippen LogP) is 2.32. The summed E-state index contributed by atoms with van der Waals surface area (Å²) < 4.78 is 5.47. The average molecular weight is 341 g/mol. The van der Waals surface area contributed by atoms with Gasteiger partial charge in [-0.15, -0.1) is 5.10 Å². The van der Waals surface area contributed by atoms with Crippen molar-refractivity contribution in [1.82, 2.24) is 19.1 Å². The van der Waals surface area contributed by atoms with Crippen molar-refractivity contribution in [2.24, 2.45) is 7.05 Å². The van der Waals surface area contributed by atoms with Gasteiger partial charge >= 0.3 is 0 Å². The second-order valence-electron chi connectivity index (χ2n) is 5.12. The Morgan fingerprint density at radius 2 is 2.00 bits per heavy atom. The lowest BCUT2D eigenvalue weighted by Gasteiger charge is -2.06. The van der Waals surface area contributed by atoms with Crippen molar-refractivity contribution in [3.63, 3.8) is 0 Å². The Morgan fingerprint density at radius 3 is 2.62 bits per heavy atom. The molecule has 24 heavy (non-hydrogen) atoms. The van der Waals surface area contributed by atoms with Crippen LogP contribution < -0.4 is 5.32 Å². The van der Waals surface area contributed by atoms with Crippen molar-refractivity contribution >= 4 is 28.9 Å². The van der Waals surface area contributed by atoms with Gasteiger partial charge in [-0.2, -0.15) is 0 Å². The van der Waals surface area contributed by atoms with Gasteiger partial charge in [-0.1, -0.05) is 11.4 Å². The molecule has 0 bridgehead atoms. The number of hydrogen-bond acceptors (Lipinski definition) is 6. The number of nitrogens with zero attached hydrogens (tertiary/aromatic N) is 4. The van der Waals surface area contributed by atoms with Crippen molar-refractivity contribution in [3.05, 3.63) is 58.6 Å². The smallest absolute Gasteiger partial charge is 0.269 e. The van der Waals surface area contributed by atoms with Gasteiger partial charge in [-0.25, -0.2) is 4.98 Å². The Kier molecular flexibility index (Phi) is 4.48. The lowest BCUT2D eigenvalue weighted by atomic mass is 10.1. The normalized spacial score (nSPS) is 10.6. The van der Waals surface area contributed by atoms with Crippen LogP contribution in [-0.4, -0.2) is 30.8 Å². The standard InChI is InChI=1S/C16H15N5O2S/c1-3-12-14(24-20-19-12)16(23)18-11-6-4-10(5-7-11)13(22)15-17-8-9-21(15)2/h4-9H,3H2,1-2H3,(H,18,23). The Hall–Kier alpha value is -2.87. The summed E-state index contributed by atoms with van der Waals surface area (Å²) in [6.45, 7) is 1.92. The highest BCUT2D eigenvalue weighted by atomic mass is 32.1. The maximum absolute atomic E-state index is 12.3. The van der Waals surface area contributed by atoms with E-state index in [0.717, 1.165) is 11.5 Å². The molecular weight excluding hydrogens is 326 g/mol. The highest BCUT2D eigenvalue weighted by molar-refractivity contribution is 7.08. The summed E-state index contributed by atoms with van der Waals surface area (Å²) in [6.07, 6.45) is 3.95. The molecule has 0 unspecified atom stereocenters. The largest absolute Gasteiger partial charge is 0.331 e. The second kappa shape index (κ2) is 6.71. The van der Waals surface area contributed by atoms with Gasteiger partial charge in [0, 0.05) is 30.7 Å².